The van der Waals surface area contributed by atoms with Crippen molar-refractivity contribution in [3.05, 3.63) is 52.2 Å². The Morgan fingerprint density at radius 1 is 1.29 bits per heavy atom. The smallest absolute Gasteiger partial charge is 0.350 e. The molecule has 0 aliphatic rings. The minimum Gasteiger partial charge on any atom is -0.354 e. The van der Waals surface area contributed by atoms with Gasteiger partial charge in [0.2, 0.25) is 5.91 Å². The zero-order valence-electron chi connectivity index (χ0n) is 16.6. The summed E-state index contributed by atoms with van der Waals surface area (Å²) in [6, 6.07) is 6.19. The lowest BCUT2D eigenvalue weighted by Crippen LogP contribution is -2.33. The van der Waals surface area contributed by atoms with Crippen molar-refractivity contribution in [3.8, 4) is 0 Å². The molecule has 0 fully saturated rings. The molecule has 0 aliphatic carbocycles. The first-order chi connectivity index (χ1) is 13.3. The predicted octanol–water partition coefficient (Wildman–Crippen LogP) is 2.82. The molecule has 3 rings (SSSR count). The number of nitrogens with zero attached hydrogens (tertiary/aromatic N) is 4. The van der Waals surface area contributed by atoms with Gasteiger partial charge in [0.15, 0.2) is 5.65 Å². The molecule has 0 saturated heterocycles. The number of nitrogens with one attached hydrogen (secondary N) is 1. The van der Waals surface area contributed by atoms with Crippen molar-refractivity contribution in [2.45, 2.75) is 50.6 Å². The Morgan fingerprint density at radius 2 is 2.07 bits per heavy atom. The molecule has 7 nitrogen and oxygen atoms in total. The summed E-state index contributed by atoms with van der Waals surface area (Å²) in [7, 11) is 0. The normalized spacial score (nSPS) is 11.3. The number of rotatable bonds is 7. The molecule has 2 heterocycles. The van der Waals surface area contributed by atoms with E-state index in [-0.39, 0.29) is 18.1 Å². The summed E-state index contributed by atoms with van der Waals surface area (Å²) < 4.78 is 2.62. The van der Waals surface area contributed by atoms with Crippen LogP contribution in [0.4, 0.5) is 0 Å². The van der Waals surface area contributed by atoms with Crippen molar-refractivity contribution >= 4 is 23.3 Å². The molecule has 1 aromatic carbocycles. The molecule has 3 aromatic rings. The standard InChI is InChI=1S/C20H25N5O2S/c1-13(2)7-8-21-17(26)12-25-20(27)24-10-9-22-19(18(24)23-25)28-16-6-5-14(3)11-15(16)4/h5-6,9-11,13H,7-8,12H2,1-4H3,(H,21,26). The zero-order valence-corrected chi connectivity index (χ0v) is 17.4. The third kappa shape index (κ3) is 4.62. The second kappa shape index (κ2) is 8.60. The number of fused-ring (bicyclic) bond motifs is 1. The topological polar surface area (TPSA) is 81.3 Å². The van der Waals surface area contributed by atoms with Gasteiger partial charge in [-0.25, -0.2) is 18.9 Å². The van der Waals surface area contributed by atoms with Crippen LogP contribution in [-0.2, 0) is 11.3 Å². The molecule has 1 amide bonds. The first-order valence-electron chi connectivity index (χ1n) is 9.31. The van der Waals surface area contributed by atoms with Crippen molar-refractivity contribution in [2.75, 3.05) is 6.54 Å². The van der Waals surface area contributed by atoms with Crippen molar-refractivity contribution < 1.29 is 4.79 Å². The first kappa shape index (κ1) is 20.1. The van der Waals surface area contributed by atoms with Gasteiger partial charge in [-0.1, -0.05) is 43.3 Å². The van der Waals surface area contributed by atoms with E-state index in [2.05, 4.69) is 35.3 Å². The zero-order chi connectivity index (χ0) is 20.3. The van der Waals surface area contributed by atoms with Gasteiger partial charge in [-0.15, -0.1) is 5.10 Å². The van der Waals surface area contributed by atoms with Crippen LogP contribution >= 0.6 is 11.8 Å². The molecule has 0 atom stereocenters. The van der Waals surface area contributed by atoms with Crippen LogP contribution in [0.1, 0.15) is 31.4 Å². The molecule has 0 radical (unpaired) electrons. The van der Waals surface area contributed by atoms with Crippen molar-refractivity contribution in [1.29, 1.82) is 0 Å². The molecule has 0 saturated carbocycles. The maximum absolute atomic E-state index is 12.6. The summed E-state index contributed by atoms with van der Waals surface area (Å²) in [5, 5.41) is 7.82. The van der Waals surface area contributed by atoms with Gasteiger partial charge in [0.1, 0.15) is 11.6 Å². The van der Waals surface area contributed by atoms with Gasteiger partial charge in [0.25, 0.3) is 0 Å². The van der Waals surface area contributed by atoms with Crippen LogP contribution in [-0.4, -0.2) is 31.6 Å². The molecule has 1 N–H and O–H groups in total. The fraction of sp³-hybridized carbons (Fsp3) is 0.400. The fourth-order valence-corrected chi connectivity index (χ4v) is 3.72. The van der Waals surface area contributed by atoms with Gasteiger partial charge in [-0.05, 0) is 37.8 Å². The molecule has 2 aromatic heterocycles. The van der Waals surface area contributed by atoms with E-state index >= 15 is 0 Å². The number of benzene rings is 1. The molecule has 0 unspecified atom stereocenters. The number of aryl methyl sites for hydroxylation is 2. The van der Waals surface area contributed by atoms with Gasteiger partial charge in [0.05, 0.1) is 0 Å². The lowest BCUT2D eigenvalue weighted by atomic mass is 10.1. The average Bonchev–Trinajstić information content (AvgIpc) is 2.94. The fourth-order valence-electron chi connectivity index (χ4n) is 2.81. The van der Waals surface area contributed by atoms with E-state index in [1.807, 2.05) is 26.0 Å². The van der Waals surface area contributed by atoms with E-state index in [0.717, 1.165) is 16.9 Å². The van der Waals surface area contributed by atoms with Gasteiger partial charge in [-0.3, -0.25) is 4.79 Å². The Morgan fingerprint density at radius 3 is 2.79 bits per heavy atom. The van der Waals surface area contributed by atoms with Crippen molar-refractivity contribution in [2.24, 2.45) is 5.92 Å². The molecule has 8 heteroatoms. The molecular formula is C20H25N5O2S. The largest absolute Gasteiger partial charge is 0.354 e. The number of hydrogen-bond donors (Lipinski definition) is 1. The van der Waals surface area contributed by atoms with Crippen molar-refractivity contribution in [3.63, 3.8) is 0 Å². The summed E-state index contributed by atoms with van der Waals surface area (Å²) in [4.78, 5) is 30.2. The van der Waals surface area contributed by atoms with E-state index < -0.39 is 0 Å². The molecule has 0 aliphatic heterocycles. The number of amides is 1. The second-order valence-electron chi connectivity index (χ2n) is 7.27. The first-order valence-corrected chi connectivity index (χ1v) is 10.1. The lowest BCUT2D eigenvalue weighted by molar-refractivity contribution is -0.121. The molecular weight excluding hydrogens is 374 g/mol. The Kier molecular flexibility index (Phi) is 6.18. The number of hydrogen-bond acceptors (Lipinski definition) is 5. The maximum Gasteiger partial charge on any atom is 0.350 e. The van der Waals surface area contributed by atoms with Gasteiger partial charge in [0, 0.05) is 23.8 Å². The highest BCUT2D eigenvalue weighted by atomic mass is 32.2. The van der Waals surface area contributed by atoms with Gasteiger partial charge in [-0.2, -0.15) is 0 Å². The summed E-state index contributed by atoms with van der Waals surface area (Å²) >= 11 is 1.46. The molecule has 148 valence electrons. The third-order valence-corrected chi connectivity index (χ3v) is 5.50. The predicted molar refractivity (Wildman–Crippen MR) is 110 cm³/mol. The monoisotopic (exact) mass is 399 g/mol. The summed E-state index contributed by atoms with van der Waals surface area (Å²) in [6.45, 7) is 8.78. The van der Waals surface area contributed by atoms with Crippen LogP contribution < -0.4 is 11.0 Å². The van der Waals surface area contributed by atoms with Crippen LogP contribution in [0.5, 0.6) is 0 Å². The Balaban J connectivity index is 1.84. The van der Waals surface area contributed by atoms with Gasteiger partial charge >= 0.3 is 5.69 Å². The van der Waals surface area contributed by atoms with E-state index in [1.54, 1.807) is 12.4 Å². The van der Waals surface area contributed by atoms with E-state index in [1.165, 1.54) is 26.4 Å². The van der Waals surface area contributed by atoms with Crippen molar-refractivity contribution in [1.82, 2.24) is 24.5 Å². The van der Waals surface area contributed by atoms with Crippen LogP contribution in [0.15, 0.2) is 45.3 Å². The lowest BCUT2D eigenvalue weighted by Gasteiger charge is -2.06. The van der Waals surface area contributed by atoms with E-state index in [0.29, 0.717) is 23.1 Å². The quantitative estimate of drug-likeness (QED) is 0.661. The van der Waals surface area contributed by atoms with Crippen LogP contribution in [0, 0.1) is 19.8 Å². The average molecular weight is 400 g/mol. The second-order valence-corrected chi connectivity index (χ2v) is 8.30. The molecule has 0 bridgehead atoms. The van der Waals surface area contributed by atoms with Crippen LogP contribution in [0.25, 0.3) is 5.65 Å². The minimum absolute atomic E-state index is 0.105. The Labute approximate surface area is 168 Å². The highest BCUT2D eigenvalue weighted by Crippen LogP contribution is 2.30. The van der Waals surface area contributed by atoms with Crippen LogP contribution in [0.3, 0.4) is 0 Å². The highest BCUT2D eigenvalue weighted by molar-refractivity contribution is 7.99. The minimum atomic E-state index is -0.348. The summed E-state index contributed by atoms with van der Waals surface area (Å²) in [5.74, 6) is 0.289. The highest BCUT2D eigenvalue weighted by Gasteiger charge is 2.15. The molecule has 0 spiro atoms. The summed E-state index contributed by atoms with van der Waals surface area (Å²) in [5.41, 5.74) is 2.43. The van der Waals surface area contributed by atoms with E-state index in [4.69, 9.17) is 0 Å². The number of aromatic nitrogens is 4. The number of carbonyl (C=O) groups excluding carboxylic acids is 1. The maximum atomic E-state index is 12.6. The van der Waals surface area contributed by atoms with Gasteiger partial charge < -0.3 is 5.32 Å². The van der Waals surface area contributed by atoms with E-state index in [9.17, 15) is 9.59 Å². The molecule has 28 heavy (non-hydrogen) atoms. The third-order valence-electron chi connectivity index (χ3n) is 4.34. The summed E-state index contributed by atoms with van der Waals surface area (Å²) in [6.07, 6.45) is 4.05. The van der Waals surface area contributed by atoms with Crippen LogP contribution in [0.2, 0.25) is 0 Å². The Bertz CT molecular complexity index is 1050. The SMILES string of the molecule is Cc1ccc(Sc2nccn3c(=O)n(CC(=O)NCCC(C)C)nc23)c(C)c1. The number of carbonyl (C=O) groups is 1. The Hall–Kier alpha value is -2.61.